The van der Waals surface area contributed by atoms with Gasteiger partial charge in [-0.1, -0.05) is 160 Å². The number of benzene rings is 5. The monoisotopic (exact) mass is 744 g/mol. The van der Waals surface area contributed by atoms with Crippen LogP contribution in [0.2, 0.25) is 0 Å². The molecule has 5 aromatic rings. The first-order chi connectivity index (χ1) is 28.0. The van der Waals surface area contributed by atoms with Crippen molar-refractivity contribution in [2.75, 3.05) is 0 Å². The molecule has 4 nitrogen and oxygen atoms in total. The zero-order chi connectivity index (χ0) is 39.8. The molecule has 1 aliphatic rings. The van der Waals surface area contributed by atoms with Crippen LogP contribution in [0.15, 0.2) is 199 Å². The van der Waals surface area contributed by atoms with Crippen LogP contribution in [0.4, 0.5) is 0 Å². The second kappa shape index (κ2) is 20.2. The van der Waals surface area contributed by atoms with Crippen LogP contribution in [-0.4, -0.2) is 11.7 Å². The van der Waals surface area contributed by atoms with Crippen molar-refractivity contribution >= 4 is 22.8 Å². The van der Waals surface area contributed by atoms with Crippen LogP contribution < -0.4 is 10.9 Å². The maximum Gasteiger partial charge on any atom is 0.154 e. The van der Waals surface area contributed by atoms with Gasteiger partial charge >= 0.3 is 0 Å². The van der Waals surface area contributed by atoms with E-state index in [0.717, 1.165) is 64.8 Å². The molecule has 0 spiro atoms. The molecule has 0 unspecified atom stereocenters. The van der Waals surface area contributed by atoms with E-state index in [2.05, 4.69) is 141 Å². The smallest absolute Gasteiger partial charge is 0.154 e. The maximum absolute atomic E-state index is 9.06. The lowest BCUT2D eigenvalue weighted by Gasteiger charge is -2.15. The number of aliphatic imine (C=N–C) groups is 1. The van der Waals surface area contributed by atoms with Gasteiger partial charge in [-0.3, -0.25) is 16.3 Å². The number of nitrogens with one attached hydrogen (secondary N) is 3. The van der Waals surface area contributed by atoms with Gasteiger partial charge in [0.15, 0.2) is 11.7 Å². The zero-order valence-corrected chi connectivity index (χ0v) is 33.3. The van der Waals surface area contributed by atoms with Crippen LogP contribution in [-0.2, 0) is 0 Å². The molecule has 0 amide bonds. The van der Waals surface area contributed by atoms with Gasteiger partial charge in [0.05, 0.1) is 0 Å². The lowest BCUT2D eigenvalue weighted by atomic mass is 9.90. The van der Waals surface area contributed by atoms with Crippen LogP contribution in [0.25, 0.3) is 44.5 Å². The summed E-state index contributed by atoms with van der Waals surface area (Å²) in [6, 6.07) is 42.4. The number of unbranched alkanes of at least 4 members (excludes halogenated alkanes) is 1. The summed E-state index contributed by atoms with van der Waals surface area (Å²) in [6.45, 7) is 10.1. The molecule has 57 heavy (non-hydrogen) atoms. The van der Waals surface area contributed by atoms with Crippen LogP contribution in [0.1, 0.15) is 68.7 Å². The molecule has 0 heterocycles. The highest BCUT2D eigenvalue weighted by atomic mass is 15.4. The van der Waals surface area contributed by atoms with Crippen molar-refractivity contribution in [3.63, 3.8) is 0 Å². The number of rotatable bonds is 14. The predicted octanol–water partition coefficient (Wildman–Crippen LogP) is 13.7. The minimum atomic E-state index is 0.153. The summed E-state index contributed by atoms with van der Waals surface area (Å²) < 4.78 is 0. The zero-order valence-electron chi connectivity index (χ0n) is 33.3. The Labute approximate surface area is 339 Å². The Bertz CT molecular complexity index is 2420. The van der Waals surface area contributed by atoms with E-state index in [1.807, 2.05) is 73.7 Å². The van der Waals surface area contributed by atoms with Gasteiger partial charge in [-0.15, -0.1) is 0 Å². The molecular weight excluding hydrogens is 693 g/mol. The Balaban J connectivity index is 1.30. The number of nitrogens with zero attached hydrogens (tertiary/aromatic N) is 1. The van der Waals surface area contributed by atoms with Crippen molar-refractivity contribution in [2.24, 2.45) is 4.99 Å². The van der Waals surface area contributed by atoms with E-state index in [4.69, 9.17) is 10.4 Å². The van der Waals surface area contributed by atoms with Gasteiger partial charge in [-0.05, 0) is 131 Å². The summed E-state index contributed by atoms with van der Waals surface area (Å²) in [7, 11) is 0. The molecule has 0 saturated carbocycles. The molecule has 0 bridgehead atoms. The lowest BCUT2D eigenvalue weighted by Crippen LogP contribution is -2.37. The minimum absolute atomic E-state index is 0.153. The molecule has 6 rings (SSSR count). The Morgan fingerprint density at radius 3 is 1.91 bits per heavy atom. The Morgan fingerprint density at radius 1 is 0.667 bits per heavy atom. The van der Waals surface area contributed by atoms with Crippen molar-refractivity contribution < 1.29 is 0 Å². The third-order valence-electron chi connectivity index (χ3n) is 9.84. The van der Waals surface area contributed by atoms with E-state index in [9.17, 15) is 0 Å². The van der Waals surface area contributed by atoms with Crippen LogP contribution in [0.3, 0.4) is 0 Å². The summed E-state index contributed by atoms with van der Waals surface area (Å²) in [5.74, 6) is 0.694. The molecule has 4 heteroatoms. The first kappa shape index (κ1) is 39.9. The fourth-order valence-electron chi connectivity index (χ4n) is 6.74. The Hall–Kier alpha value is -6.78. The predicted molar refractivity (Wildman–Crippen MR) is 246 cm³/mol. The van der Waals surface area contributed by atoms with Crippen molar-refractivity contribution in [1.29, 1.82) is 5.41 Å². The number of allylic oxidation sites excluding steroid dienone is 12. The molecule has 0 atom stereocenters. The van der Waals surface area contributed by atoms with Crippen molar-refractivity contribution in [3.8, 4) is 33.4 Å². The van der Waals surface area contributed by atoms with Crippen molar-refractivity contribution in [3.05, 3.63) is 217 Å². The van der Waals surface area contributed by atoms with Gasteiger partial charge in [-0.2, -0.15) is 0 Å². The molecule has 0 fully saturated rings. The lowest BCUT2D eigenvalue weighted by molar-refractivity contribution is 0.784. The highest BCUT2D eigenvalue weighted by Crippen LogP contribution is 2.34. The van der Waals surface area contributed by atoms with Gasteiger partial charge in [0.2, 0.25) is 0 Å². The van der Waals surface area contributed by atoms with Gasteiger partial charge in [-0.25, -0.2) is 4.99 Å². The van der Waals surface area contributed by atoms with E-state index < -0.39 is 0 Å². The quantitative estimate of drug-likeness (QED) is 0.0459. The van der Waals surface area contributed by atoms with E-state index in [1.165, 1.54) is 33.4 Å². The Morgan fingerprint density at radius 2 is 1.28 bits per heavy atom. The van der Waals surface area contributed by atoms with E-state index in [1.54, 1.807) is 6.08 Å². The average Bonchev–Trinajstić information content (AvgIpc) is 3.28. The second-order valence-corrected chi connectivity index (χ2v) is 13.9. The molecule has 0 radical (unpaired) electrons. The molecule has 1 aliphatic carbocycles. The minimum Gasteiger partial charge on any atom is -0.300 e. The molecule has 3 N–H and O–H groups in total. The third-order valence-corrected chi connectivity index (χ3v) is 9.84. The first-order valence-corrected chi connectivity index (χ1v) is 19.9. The molecule has 0 aliphatic heterocycles. The van der Waals surface area contributed by atoms with E-state index in [-0.39, 0.29) is 5.84 Å². The molecule has 0 aromatic heterocycles. The topological polar surface area (TPSA) is 60.3 Å². The van der Waals surface area contributed by atoms with Crippen LogP contribution in [0.5, 0.6) is 0 Å². The van der Waals surface area contributed by atoms with Crippen LogP contribution >= 0.6 is 0 Å². The SMILES string of the molecule is C=C/C=C\C(=C/C)NN/C(=N\C(=N)c1cccc(-c2cccc(-c3cccc(-c4cc(C5=CCCC=C5)cc(C(/C=C\CCC)=C/C)c4)c3)c2)c1)c1ccccc1. The van der Waals surface area contributed by atoms with E-state index in [0.29, 0.717) is 5.84 Å². The number of hydrogen-bond acceptors (Lipinski definition) is 2. The van der Waals surface area contributed by atoms with Crippen LogP contribution in [0, 0.1) is 5.41 Å². The average molecular weight is 745 g/mol. The van der Waals surface area contributed by atoms with Crippen molar-refractivity contribution in [2.45, 2.75) is 46.5 Å². The molecule has 0 saturated heterocycles. The first-order valence-electron chi connectivity index (χ1n) is 19.9. The Kier molecular flexibility index (Phi) is 14.2. The van der Waals surface area contributed by atoms with Gasteiger partial charge < -0.3 is 0 Å². The molecular formula is C53H52N4. The maximum atomic E-state index is 9.06. The molecule has 5 aromatic carbocycles. The van der Waals surface area contributed by atoms with Gasteiger partial charge in [0.1, 0.15) is 0 Å². The largest absolute Gasteiger partial charge is 0.300 e. The second-order valence-electron chi connectivity index (χ2n) is 13.9. The third kappa shape index (κ3) is 10.7. The summed E-state index contributed by atoms with van der Waals surface area (Å²) in [5, 5.41) is 9.06. The van der Waals surface area contributed by atoms with E-state index >= 15 is 0 Å². The highest BCUT2D eigenvalue weighted by molar-refractivity contribution is 6.10. The van der Waals surface area contributed by atoms with Crippen molar-refractivity contribution in [1.82, 2.24) is 10.9 Å². The summed E-state index contributed by atoms with van der Waals surface area (Å²) in [4.78, 5) is 4.76. The molecule has 284 valence electrons. The summed E-state index contributed by atoms with van der Waals surface area (Å²) in [5.41, 5.74) is 20.6. The van der Waals surface area contributed by atoms with Gasteiger partial charge in [0, 0.05) is 16.8 Å². The fraction of sp³-hybridized carbons (Fsp3) is 0.132. The number of hydrogen-bond donors (Lipinski definition) is 3. The normalized spacial score (nSPS) is 13.5. The highest BCUT2D eigenvalue weighted by Gasteiger charge is 2.12. The standard InChI is InChI=1S/C53H52N4/c1-5-9-13-21-39(7-3)48-36-49(40-22-14-11-15-23-40)38-50(37-48)46-30-19-28-44(34-46)42-26-18-27-43(33-42)45-29-20-31-47(35-45)52(54)55-53(41-24-16-12-17-25-41)57-56-51(8-4)32-10-6-2/h6-8,10,12-14,16-38,56H,2,5,9,11,15H2,1,3-4H3,(H2,54,55,57)/b21-13-,32-10-,39-7+,51-8+. The summed E-state index contributed by atoms with van der Waals surface area (Å²) >= 11 is 0. The number of hydrazine groups is 1. The fourth-order valence-corrected chi connectivity index (χ4v) is 6.74. The number of amidine groups is 2. The van der Waals surface area contributed by atoms with Gasteiger partial charge in [0.25, 0.3) is 0 Å². The summed E-state index contributed by atoms with van der Waals surface area (Å²) in [6.07, 6.45) is 25.5.